The number of hydrogen-bond acceptors (Lipinski definition) is 1. The van der Waals surface area contributed by atoms with E-state index >= 15 is 0 Å². The molecule has 0 spiro atoms. The zero-order chi connectivity index (χ0) is 12.3. The lowest BCUT2D eigenvalue weighted by Crippen LogP contribution is -2.16. The standard InChI is InChI=1S/C10H10Cl2F3N/c11-6-1-2-8(12)7(5-6)9(16)3-4-10(13,14)15/h1-2,5,9H,3-4,16H2/t9-/m1/s1. The summed E-state index contributed by atoms with van der Waals surface area (Å²) in [4.78, 5) is 0. The Labute approximate surface area is 101 Å². The summed E-state index contributed by atoms with van der Waals surface area (Å²) in [5.74, 6) is 0. The van der Waals surface area contributed by atoms with Crippen LogP contribution in [0.1, 0.15) is 24.4 Å². The summed E-state index contributed by atoms with van der Waals surface area (Å²) >= 11 is 11.5. The lowest BCUT2D eigenvalue weighted by Gasteiger charge is -2.15. The molecule has 1 aromatic carbocycles. The van der Waals surface area contributed by atoms with Crippen molar-refractivity contribution in [3.8, 4) is 0 Å². The molecule has 0 radical (unpaired) electrons. The van der Waals surface area contributed by atoms with Crippen LogP contribution < -0.4 is 5.73 Å². The van der Waals surface area contributed by atoms with E-state index in [4.69, 9.17) is 28.9 Å². The molecule has 0 bridgehead atoms. The average Bonchev–Trinajstić information content (AvgIpc) is 2.17. The van der Waals surface area contributed by atoms with Crippen LogP contribution in [0.15, 0.2) is 18.2 Å². The van der Waals surface area contributed by atoms with Gasteiger partial charge >= 0.3 is 6.18 Å². The van der Waals surface area contributed by atoms with Gasteiger partial charge in [-0.1, -0.05) is 23.2 Å². The van der Waals surface area contributed by atoms with E-state index in [-0.39, 0.29) is 6.42 Å². The lowest BCUT2D eigenvalue weighted by molar-refractivity contribution is -0.136. The number of benzene rings is 1. The third-order valence-electron chi connectivity index (χ3n) is 2.10. The molecule has 0 amide bonds. The Morgan fingerprint density at radius 2 is 1.88 bits per heavy atom. The van der Waals surface area contributed by atoms with Crippen molar-refractivity contribution >= 4 is 23.2 Å². The normalized spacial score (nSPS) is 13.9. The van der Waals surface area contributed by atoms with Gasteiger partial charge in [-0.15, -0.1) is 0 Å². The Bertz CT molecular complexity index is 366. The first kappa shape index (κ1) is 13.6. The van der Waals surface area contributed by atoms with E-state index in [0.717, 1.165) is 0 Å². The number of halogens is 5. The summed E-state index contributed by atoms with van der Waals surface area (Å²) in [6, 6.07) is 3.81. The molecule has 0 aromatic heterocycles. The van der Waals surface area contributed by atoms with Crippen molar-refractivity contribution in [3.05, 3.63) is 33.8 Å². The maximum atomic E-state index is 12.0. The number of rotatable bonds is 3. The second kappa shape index (κ2) is 5.25. The smallest absolute Gasteiger partial charge is 0.324 e. The van der Waals surface area contributed by atoms with Gasteiger partial charge in [0.05, 0.1) is 0 Å². The number of hydrogen-bond donors (Lipinski definition) is 1. The highest BCUT2D eigenvalue weighted by Crippen LogP contribution is 2.30. The van der Waals surface area contributed by atoms with E-state index in [2.05, 4.69) is 0 Å². The van der Waals surface area contributed by atoms with Gasteiger partial charge in [-0.2, -0.15) is 13.2 Å². The van der Waals surface area contributed by atoms with E-state index in [1.807, 2.05) is 0 Å². The third kappa shape index (κ3) is 4.20. The Morgan fingerprint density at radius 3 is 2.44 bits per heavy atom. The fourth-order valence-corrected chi connectivity index (χ4v) is 1.71. The Morgan fingerprint density at radius 1 is 1.25 bits per heavy atom. The Balaban J connectivity index is 2.73. The molecule has 0 fully saturated rings. The second-order valence-corrected chi connectivity index (χ2v) is 4.27. The second-order valence-electron chi connectivity index (χ2n) is 3.43. The highest BCUT2D eigenvalue weighted by atomic mass is 35.5. The first-order valence-electron chi connectivity index (χ1n) is 4.57. The van der Waals surface area contributed by atoms with Crippen molar-refractivity contribution in [1.29, 1.82) is 0 Å². The number of alkyl halides is 3. The summed E-state index contributed by atoms with van der Waals surface area (Å²) in [6.45, 7) is 0. The molecule has 1 atom stereocenters. The highest BCUT2D eigenvalue weighted by Gasteiger charge is 2.28. The zero-order valence-corrected chi connectivity index (χ0v) is 9.70. The molecule has 0 saturated carbocycles. The van der Waals surface area contributed by atoms with Gasteiger partial charge in [-0.3, -0.25) is 0 Å². The third-order valence-corrected chi connectivity index (χ3v) is 2.68. The molecule has 0 heterocycles. The van der Waals surface area contributed by atoms with Crippen molar-refractivity contribution in [3.63, 3.8) is 0 Å². The molecule has 16 heavy (non-hydrogen) atoms. The minimum absolute atomic E-state index is 0.205. The molecule has 0 aliphatic carbocycles. The minimum Gasteiger partial charge on any atom is -0.324 e. The van der Waals surface area contributed by atoms with Crippen LogP contribution in [0.3, 0.4) is 0 Å². The molecule has 2 N–H and O–H groups in total. The predicted molar refractivity (Wildman–Crippen MR) is 58.7 cm³/mol. The topological polar surface area (TPSA) is 26.0 Å². The molecule has 0 unspecified atom stereocenters. The van der Waals surface area contributed by atoms with E-state index in [1.54, 1.807) is 6.07 Å². The molecule has 6 heteroatoms. The van der Waals surface area contributed by atoms with E-state index in [1.165, 1.54) is 12.1 Å². The lowest BCUT2D eigenvalue weighted by atomic mass is 10.0. The Kier molecular flexibility index (Phi) is 4.47. The predicted octanol–water partition coefficient (Wildman–Crippen LogP) is 4.34. The fourth-order valence-electron chi connectivity index (χ4n) is 1.27. The molecular formula is C10H10Cl2F3N. The van der Waals surface area contributed by atoms with Crippen LogP contribution in [0.5, 0.6) is 0 Å². The molecule has 1 nitrogen and oxygen atoms in total. The van der Waals surface area contributed by atoms with Crippen molar-refractivity contribution in [1.82, 2.24) is 0 Å². The van der Waals surface area contributed by atoms with Crippen molar-refractivity contribution < 1.29 is 13.2 Å². The van der Waals surface area contributed by atoms with Crippen LogP contribution in [0.25, 0.3) is 0 Å². The first-order valence-corrected chi connectivity index (χ1v) is 5.32. The molecule has 1 rings (SSSR count). The largest absolute Gasteiger partial charge is 0.389 e. The number of nitrogens with two attached hydrogens (primary N) is 1. The quantitative estimate of drug-likeness (QED) is 0.870. The van der Waals surface area contributed by atoms with Crippen LogP contribution >= 0.6 is 23.2 Å². The summed E-state index contributed by atoms with van der Waals surface area (Å²) in [5, 5.41) is 0.737. The summed E-state index contributed by atoms with van der Waals surface area (Å²) in [6.07, 6.45) is -5.34. The van der Waals surface area contributed by atoms with E-state index in [9.17, 15) is 13.2 Å². The zero-order valence-electron chi connectivity index (χ0n) is 8.19. The summed E-state index contributed by atoms with van der Waals surface area (Å²) < 4.78 is 36.0. The molecule has 0 aliphatic rings. The maximum absolute atomic E-state index is 12.0. The maximum Gasteiger partial charge on any atom is 0.389 e. The SMILES string of the molecule is N[C@H](CCC(F)(F)F)c1cc(Cl)ccc1Cl. The van der Waals surface area contributed by atoms with Gasteiger partial charge in [-0.05, 0) is 30.2 Å². The minimum atomic E-state index is -4.21. The molecule has 0 aliphatic heterocycles. The van der Waals surface area contributed by atoms with Crippen LogP contribution in [0.4, 0.5) is 13.2 Å². The average molecular weight is 272 g/mol. The van der Waals surface area contributed by atoms with Gasteiger partial charge in [0.1, 0.15) is 0 Å². The summed E-state index contributed by atoms with van der Waals surface area (Å²) in [7, 11) is 0. The van der Waals surface area contributed by atoms with E-state index in [0.29, 0.717) is 15.6 Å². The van der Waals surface area contributed by atoms with Crippen molar-refractivity contribution in [2.45, 2.75) is 25.1 Å². The van der Waals surface area contributed by atoms with Gasteiger partial charge in [0.2, 0.25) is 0 Å². The van der Waals surface area contributed by atoms with Crippen LogP contribution in [0.2, 0.25) is 10.0 Å². The highest BCUT2D eigenvalue weighted by molar-refractivity contribution is 6.33. The first-order chi connectivity index (χ1) is 7.29. The van der Waals surface area contributed by atoms with Gasteiger partial charge in [0.25, 0.3) is 0 Å². The van der Waals surface area contributed by atoms with Crippen molar-refractivity contribution in [2.75, 3.05) is 0 Å². The fraction of sp³-hybridized carbons (Fsp3) is 0.400. The van der Waals surface area contributed by atoms with Gasteiger partial charge in [0, 0.05) is 22.5 Å². The van der Waals surface area contributed by atoms with Gasteiger partial charge < -0.3 is 5.73 Å². The Hall–Kier alpha value is -0.450. The molecule has 90 valence electrons. The van der Waals surface area contributed by atoms with Crippen LogP contribution in [0, 0.1) is 0 Å². The molecular weight excluding hydrogens is 262 g/mol. The van der Waals surface area contributed by atoms with Crippen molar-refractivity contribution in [2.24, 2.45) is 5.73 Å². The van der Waals surface area contributed by atoms with Gasteiger partial charge in [0.15, 0.2) is 0 Å². The van der Waals surface area contributed by atoms with Gasteiger partial charge in [-0.25, -0.2) is 0 Å². The monoisotopic (exact) mass is 271 g/mol. The van der Waals surface area contributed by atoms with Crippen LogP contribution in [-0.2, 0) is 0 Å². The molecule has 1 aromatic rings. The molecule has 0 saturated heterocycles. The van der Waals surface area contributed by atoms with E-state index < -0.39 is 18.6 Å². The van der Waals surface area contributed by atoms with Crippen LogP contribution in [-0.4, -0.2) is 6.18 Å². The summed E-state index contributed by atoms with van der Waals surface area (Å²) in [5.41, 5.74) is 6.07.